The summed E-state index contributed by atoms with van der Waals surface area (Å²) in [5.41, 5.74) is 0.274. The van der Waals surface area contributed by atoms with Gasteiger partial charge in [-0.1, -0.05) is 19.1 Å². The van der Waals surface area contributed by atoms with Crippen molar-refractivity contribution in [1.29, 1.82) is 0 Å². The Morgan fingerprint density at radius 2 is 1.93 bits per heavy atom. The highest BCUT2D eigenvalue weighted by Gasteiger charge is 2.35. The van der Waals surface area contributed by atoms with Crippen LogP contribution < -0.4 is 5.56 Å². The van der Waals surface area contributed by atoms with Crippen LogP contribution in [0.3, 0.4) is 0 Å². The molecule has 1 aliphatic rings. The van der Waals surface area contributed by atoms with Gasteiger partial charge in [0.2, 0.25) is 11.8 Å². The van der Waals surface area contributed by atoms with Gasteiger partial charge in [-0.2, -0.15) is 5.10 Å². The van der Waals surface area contributed by atoms with Crippen molar-refractivity contribution in [1.82, 2.24) is 14.1 Å². The van der Waals surface area contributed by atoms with Gasteiger partial charge in [0.25, 0.3) is 11.2 Å². The molecule has 0 saturated carbocycles. The van der Waals surface area contributed by atoms with Gasteiger partial charge < -0.3 is 5.11 Å². The summed E-state index contributed by atoms with van der Waals surface area (Å²) >= 11 is 5.13. The smallest absolute Gasteiger partial charge is 0.269 e. The number of hydrogen-bond donors (Lipinski definition) is 1. The molecular formula is C18H19N5O5S. The van der Waals surface area contributed by atoms with E-state index in [0.29, 0.717) is 5.56 Å². The molecule has 0 unspecified atom stereocenters. The van der Waals surface area contributed by atoms with Gasteiger partial charge in [-0.15, -0.1) is 0 Å². The summed E-state index contributed by atoms with van der Waals surface area (Å²) in [6, 6.07) is 5.27. The molecule has 3 rings (SSSR count). The first-order valence-electron chi connectivity index (χ1n) is 8.80. The molecule has 1 aromatic heterocycles. The minimum atomic E-state index is -0.546. The van der Waals surface area contributed by atoms with Crippen molar-refractivity contribution in [3.8, 4) is 5.88 Å². The second-order valence-corrected chi connectivity index (χ2v) is 6.98. The summed E-state index contributed by atoms with van der Waals surface area (Å²) in [6.07, 6.45) is 0.353. The molecule has 1 amide bonds. The molecule has 29 heavy (non-hydrogen) atoms. The summed E-state index contributed by atoms with van der Waals surface area (Å²) < 4.78 is 2.65. The van der Waals surface area contributed by atoms with Crippen molar-refractivity contribution in [3.63, 3.8) is 0 Å². The van der Waals surface area contributed by atoms with Crippen LogP contribution in [-0.2, 0) is 18.9 Å². The number of hydrogen-bond acceptors (Lipinski definition) is 7. The van der Waals surface area contributed by atoms with E-state index < -0.39 is 16.5 Å². The molecule has 0 aliphatic carbocycles. The molecule has 0 fully saturated rings. The number of nitro benzene ring substituents is 1. The normalized spacial score (nSPS) is 16.0. The van der Waals surface area contributed by atoms with E-state index in [1.165, 1.54) is 40.4 Å². The lowest BCUT2D eigenvalue weighted by atomic mass is 9.99. The van der Waals surface area contributed by atoms with Gasteiger partial charge in [-0.25, -0.2) is 5.01 Å². The predicted molar refractivity (Wildman–Crippen MR) is 107 cm³/mol. The fraction of sp³-hybridized carbons (Fsp3) is 0.333. The highest BCUT2D eigenvalue weighted by Crippen LogP contribution is 2.34. The Bertz CT molecular complexity index is 1150. The van der Waals surface area contributed by atoms with Gasteiger partial charge in [-0.05, 0) is 17.8 Å². The van der Waals surface area contributed by atoms with E-state index in [1.807, 2.05) is 0 Å². The average Bonchev–Trinajstić information content (AvgIpc) is 3.15. The maximum atomic E-state index is 12.7. The van der Waals surface area contributed by atoms with Crippen molar-refractivity contribution >= 4 is 29.5 Å². The van der Waals surface area contributed by atoms with E-state index in [0.717, 1.165) is 0 Å². The Labute approximate surface area is 170 Å². The van der Waals surface area contributed by atoms with E-state index in [9.17, 15) is 24.8 Å². The van der Waals surface area contributed by atoms with E-state index in [1.54, 1.807) is 19.1 Å². The third-order valence-electron chi connectivity index (χ3n) is 4.88. The van der Waals surface area contributed by atoms with Crippen LogP contribution in [0.4, 0.5) is 5.69 Å². The molecule has 1 aliphatic heterocycles. The van der Waals surface area contributed by atoms with Crippen molar-refractivity contribution in [3.05, 3.63) is 60.6 Å². The molecule has 11 heteroatoms. The summed E-state index contributed by atoms with van der Waals surface area (Å²) in [7, 11) is 3.02. The van der Waals surface area contributed by atoms with Gasteiger partial charge in [0, 0.05) is 39.1 Å². The number of rotatable bonds is 4. The Hall–Kier alpha value is -3.34. The molecule has 152 valence electrons. The molecule has 1 atom stereocenters. The van der Waals surface area contributed by atoms with Crippen molar-refractivity contribution in [2.75, 3.05) is 0 Å². The predicted octanol–water partition coefficient (Wildman–Crippen LogP) is 2.15. The molecule has 0 bridgehead atoms. The van der Waals surface area contributed by atoms with Crippen LogP contribution in [0.5, 0.6) is 5.88 Å². The van der Waals surface area contributed by atoms with Crippen LogP contribution in [0.15, 0.2) is 34.2 Å². The highest BCUT2D eigenvalue weighted by molar-refractivity contribution is 7.71. The molecule has 0 saturated heterocycles. The molecular weight excluding hydrogens is 398 g/mol. The summed E-state index contributed by atoms with van der Waals surface area (Å²) in [4.78, 5) is 35.6. The van der Waals surface area contributed by atoms with Crippen LogP contribution in [0.1, 0.15) is 36.9 Å². The first kappa shape index (κ1) is 20.4. The van der Waals surface area contributed by atoms with Crippen molar-refractivity contribution in [2.45, 2.75) is 25.8 Å². The number of aromatic hydroxyl groups is 1. The Morgan fingerprint density at radius 1 is 1.31 bits per heavy atom. The van der Waals surface area contributed by atoms with Crippen molar-refractivity contribution in [2.24, 2.45) is 19.2 Å². The molecule has 10 nitrogen and oxygen atoms in total. The second-order valence-electron chi connectivity index (χ2n) is 6.61. The summed E-state index contributed by atoms with van der Waals surface area (Å²) in [5.74, 6) is -0.603. The third-order valence-corrected chi connectivity index (χ3v) is 5.43. The fourth-order valence-corrected chi connectivity index (χ4v) is 3.39. The third kappa shape index (κ3) is 3.44. The van der Waals surface area contributed by atoms with Crippen LogP contribution in [0.2, 0.25) is 0 Å². The monoisotopic (exact) mass is 417 g/mol. The lowest BCUT2D eigenvalue weighted by Crippen LogP contribution is -2.28. The van der Waals surface area contributed by atoms with Gasteiger partial charge in [0.1, 0.15) is 5.56 Å². The zero-order valence-electron chi connectivity index (χ0n) is 16.0. The standard InChI is InChI=1S/C18H19N5O5S/c1-4-14(24)22-13(10-5-7-11(8-6-10)23(27)28)9-12(19-22)15-16(25)20(2)18(29)21(3)17(15)26/h5-8,13,25H,4,9H2,1-3H3/t13-/m1/s1. The molecule has 2 aromatic rings. The minimum Gasteiger partial charge on any atom is -0.494 e. The van der Waals surface area contributed by atoms with Crippen LogP contribution in [-0.4, -0.2) is 35.8 Å². The number of hydrazone groups is 1. The highest BCUT2D eigenvalue weighted by atomic mass is 32.1. The number of carbonyl (C=O) groups excluding carboxylic acids is 1. The maximum absolute atomic E-state index is 12.7. The Kier molecular flexibility index (Phi) is 5.33. The quantitative estimate of drug-likeness (QED) is 0.462. The molecule has 0 spiro atoms. The number of amides is 1. The van der Waals surface area contributed by atoms with Gasteiger partial charge in [0.05, 0.1) is 16.7 Å². The van der Waals surface area contributed by atoms with E-state index in [-0.39, 0.29) is 46.4 Å². The number of carbonyl (C=O) groups is 1. The Balaban J connectivity index is 2.10. The lowest BCUT2D eigenvalue weighted by molar-refractivity contribution is -0.384. The topological polar surface area (TPSA) is 123 Å². The number of benzene rings is 1. The molecule has 0 radical (unpaired) electrons. The zero-order valence-corrected chi connectivity index (χ0v) is 16.8. The molecule has 1 aromatic carbocycles. The van der Waals surface area contributed by atoms with Gasteiger partial charge >= 0.3 is 0 Å². The van der Waals surface area contributed by atoms with Crippen molar-refractivity contribution < 1.29 is 14.8 Å². The first-order valence-corrected chi connectivity index (χ1v) is 9.21. The van der Waals surface area contributed by atoms with Crippen LogP contribution >= 0.6 is 12.2 Å². The van der Waals surface area contributed by atoms with Gasteiger partial charge in [0.15, 0.2) is 4.77 Å². The van der Waals surface area contributed by atoms with E-state index in [4.69, 9.17) is 12.2 Å². The number of nitro groups is 1. The maximum Gasteiger partial charge on any atom is 0.269 e. The average molecular weight is 417 g/mol. The molecule has 1 N–H and O–H groups in total. The van der Waals surface area contributed by atoms with Crippen LogP contribution in [0.25, 0.3) is 0 Å². The summed E-state index contributed by atoms with van der Waals surface area (Å²) in [5, 5.41) is 27.0. The Morgan fingerprint density at radius 3 is 2.48 bits per heavy atom. The van der Waals surface area contributed by atoms with E-state index in [2.05, 4.69) is 5.10 Å². The lowest BCUT2D eigenvalue weighted by Gasteiger charge is -2.21. The first-order chi connectivity index (χ1) is 13.7. The second kappa shape index (κ2) is 7.59. The SMILES string of the molecule is CCC(=O)N1N=C(c2c(O)n(C)c(=S)n(C)c2=O)C[C@@H]1c1ccc([N+](=O)[O-])cc1. The number of aromatic nitrogens is 2. The zero-order chi connectivity index (χ0) is 21.5. The number of non-ortho nitro benzene ring substituents is 1. The van der Waals surface area contributed by atoms with Gasteiger partial charge in [-0.3, -0.25) is 28.8 Å². The molecule has 2 heterocycles. The number of nitrogens with zero attached hydrogens (tertiary/aromatic N) is 5. The van der Waals surface area contributed by atoms with E-state index >= 15 is 0 Å². The minimum absolute atomic E-state index is 0.0260. The summed E-state index contributed by atoms with van der Waals surface area (Å²) in [6.45, 7) is 1.69. The fourth-order valence-electron chi connectivity index (χ4n) is 3.22. The van der Waals surface area contributed by atoms with Crippen LogP contribution in [0, 0.1) is 14.9 Å². The largest absolute Gasteiger partial charge is 0.494 e.